The van der Waals surface area contributed by atoms with Gasteiger partial charge in [-0.3, -0.25) is 0 Å². The number of rotatable bonds is 1. The first-order valence-corrected chi connectivity index (χ1v) is 4.43. The van der Waals surface area contributed by atoms with Crippen molar-refractivity contribution in [3.8, 4) is 5.75 Å². The molecule has 0 spiro atoms. The Bertz CT molecular complexity index is 386. The average molecular weight is 172 g/mol. The van der Waals surface area contributed by atoms with Gasteiger partial charge in [-0.1, -0.05) is 29.9 Å². The summed E-state index contributed by atoms with van der Waals surface area (Å²) < 4.78 is 0. The molecule has 1 N–H and O–H groups in total. The third-order valence-corrected chi connectivity index (χ3v) is 2.27. The lowest BCUT2D eigenvalue weighted by molar-refractivity contribution is 0.473. The Morgan fingerprint density at radius 2 is 2.15 bits per heavy atom. The van der Waals surface area contributed by atoms with Crippen molar-refractivity contribution in [2.75, 3.05) is 0 Å². The van der Waals surface area contributed by atoms with Gasteiger partial charge in [-0.25, -0.2) is 0 Å². The Labute approximate surface area is 78.0 Å². The number of aromatic hydroxyl groups is 1. The maximum absolute atomic E-state index is 9.63. The van der Waals surface area contributed by atoms with Gasteiger partial charge in [0.25, 0.3) is 0 Å². The van der Waals surface area contributed by atoms with E-state index in [2.05, 4.69) is 12.2 Å². The molecular weight excluding hydrogens is 160 g/mol. The molecule has 0 bridgehead atoms. The van der Waals surface area contributed by atoms with Crippen molar-refractivity contribution >= 4 is 5.57 Å². The van der Waals surface area contributed by atoms with Crippen LogP contribution in [-0.2, 0) is 0 Å². The first kappa shape index (κ1) is 8.11. The van der Waals surface area contributed by atoms with Crippen LogP contribution in [0.4, 0.5) is 0 Å². The predicted octanol–water partition coefficient (Wildman–Crippen LogP) is 3.04. The topological polar surface area (TPSA) is 20.2 Å². The van der Waals surface area contributed by atoms with Gasteiger partial charge in [0.2, 0.25) is 0 Å². The molecule has 0 aromatic heterocycles. The van der Waals surface area contributed by atoms with Crippen molar-refractivity contribution < 1.29 is 5.11 Å². The molecule has 1 aromatic rings. The molecule has 1 aromatic carbocycles. The third-order valence-electron chi connectivity index (χ3n) is 2.27. The van der Waals surface area contributed by atoms with Crippen LogP contribution in [0.3, 0.4) is 0 Å². The Morgan fingerprint density at radius 1 is 1.31 bits per heavy atom. The third kappa shape index (κ3) is 1.50. The van der Waals surface area contributed by atoms with Crippen molar-refractivity contribution in [3.05, 3.63) is 47.6 Å². The second-order valence-corrected chi connectivity index (χ2v) is 3.34. The predicted molar refractivity (Wildman–Crippen MR) is 54.6 cm³/mol. The summed E-state index contributed by atoms with van der Waals surface area (Å²) in [6.45, 7) is 2.03. The summed E-state index contributed by atoms with van der Waals surface area (Å²) in [6, 6.07) is 5.69. The summed E-state index contributed by atoms with van der Waals surface area (Å²) >= 11 is 0. The van der Waals surface area contributed by atoms with Gasteiger partial charge >= 0.3 is 0 Å². The molecule has 0 atom stereocenters. The first-order chi connectivity index (χ1) is 6.27. The number of hydrogen-bond acceptors (Lipinski definition) is 1. The Balaban J connectivity index is 2.45. The van der Waals surface area contributed by atoms with Crippen molar-refractivity contribution in [1.29, 1.82) is 0 Å². The van der Waals surface area contributed by atoms with Gasteiger partial charge in [0, 0.05) is 5.56 Å². The van der Waals surface area contributed by atoms with Crippen LogP contribution in [0.2, 0.25) is 0 Å². The minimum absolute atomic E-state index is 0.376. The summed E-state index contributed by atoms with van der Waals surface area (Å²) in [7, 11) is 0. The van der Waals surface area contributed by atoms with Gasteiger partial charge < -0.3 is 5.11 Å². The fraction of sp³-hybridized carbons (Fsp3) is 0.167. The van der Waals surface area contributed by atoms with E-state index in [0.717, 1.165) is 12.0 Å². The van der Waals surface area contributed by atoms with E-state index in [1.54, 1.807) is 6.07 Å². The number of phenolic OH excluding ortho intramolecular Hbond substituents is 1. The summed E-state index contributed by atoms with van der Waals surface area (Å²) in [5.74, 6) is 0.376. The van der Waals surface area contributed by atoms with Gasteiger partial charge in [0.15, 0.2) is 0 Å². The van der Waals surface area contributed by atoms with E-state index in [1.807, 2.05) is 25.1 Å². The van der Waals surface area contributed by atoms with E-state index in [0.29, 0.717) is 5.75 Å². The van der Waals surface area contributed by atoms with Crippen molar-refractivity contribution in [1.82, 2.24) is 0 Å². The minimum Gasteiger partial charge on any atom is -0.507 e. The van der Waals surface area contributed by atoms with Crippen LogP contribution in [0.15, 0.2) is 36.4 Å². The zero-order chi connectivity index (χ0) is 9.26. The molecule has 0 amide bonds. The number of phenols is 1. The monoisotopic (exact) mass is 172 g/mol. The van der Waals surface area contributed by atoms with E-state index >= 15 is 0 Å². The molecule has 1 nitrogen and oxygen atoms in total. The lowest BCUT2D eigenvalue weighted by Crippen LogP contribution is -1.83. The van der Waals surface area contributed by atoms with Crippen LogP contribution in [0, 0.1) is 6.92 Å². The minimum atomic E-state index is 0.376. The molecule has 0 aliphatic heterocycles. The van der Waals surface area contributed by atoms with Crippen molar-refractivity contribution in [2.45, 2.75) is 13.3 Å². The molecule has 1 heteroatoms. The molecule has 1 aliphatic rings. The van der Waals surface area contributed by atoms with Gasteiger partial charge in [0.05, 0.1) is 0 Å². The van der Waals surface area contributed by atoms with E-state index in [4.69, 9.17) is 0 Å². The zero-order valence-corrected chi connectivity index (χ0v) is 7.62. The molecule has 0 fully saturated rings. The molecular formula is C12H12O. The molecule has 2 rings (SSSR count). The molecule has 66 valence electrons. The highest BCUT2D eigenvalue weighted by Crippen LogP contribution is 2.30. The van der Waals surface area contributed by atoms with Crippen LogP contribution < -0.4 is 0 Å². The maximum atomic E-state index is 9.63. The molecule has 0 unspecified atom stereocenters. The highest BCUT2D eigenvalue weighted by Gasteiger charge is 2.07. The van der Waals surface area contributed by atoms with Gasteiger partial charge in [-0.15, -0.1) is 0 Å². The lowest BCUT2D eigenvalue weighted by atomic mass is 10.0. The number of benzene rings is 1. The average Bonchev–Trinajstić information content (AvgIpc) is 2.61. The Morgan fingerprint density at radius 3 is 2.85 bits per heavy atom. The van der Waals surface area contributed by atoms with E-state index in [1.165, 1.54) is 11.1 Å². The van der Waals surface area contributed by atoms with Gasteiger partial charge in [0.1, 0.15) is 5.75 Å². The van der Waals surface area contributed by atoms with E-state index in [9.17, 15) is 5.11 Å². The Kier molecular flexibility index (Phi) is 1.93. The van der Waals surface area contributed by atoms with E-state index < -0.39 is 0 Å². The molecule has 0 heterocycles. The smallest absolute Gasteiger partial charge is 0.123 e. The number of allylic oxidation sites excluding steroid dienone is 4. The first-order valence-electron chi connectivity index (χ1n) is 4.43. The molecule has 13 heavy (non-hydrogen) atoms. The quantitative estimate of drug-likeness (QED) is 0.690. The fourth-order valence-electron chi connectivity index (χ4n) is 1.55. The van der Waals surface area contributed by atoms with Crippen LogP contribution >= 0.6 is 0 Å². The molecule has 0 saturated carbocycles. The second-order valence-electron chi connectivity index (χ2n) is 3.34. The van der Waals surface area contributed by atoms with Crippen LogP contribution in [0.25, 0.3) is 5.57 Å². The summed E-state index contributed by atoms with van der Waals surface area (Å²) in [5, 5.41) is 9.63. The lowest BCUT2D eigenvalue weighted by Gasteiger charge is -2.06. The highest BCUT2D eigenvalue weighted by atomic mass is 16.3. The van der Waals surface area contributed by atoms with Crippen molar-refractivity contribution in [2.24, 2.45) is 0 Å². The summed E-state index contributed by atoms with van der Waals surface area (Å²) in [6.07, 6.45) is 7.10. The van der Waals surface area contributed by atoms with Gasteiger partial charge in [-0.2, -0.15) is 0 Å². The Hall–Kier alpha value is -1.50. The van der Waals surface area contributed by atoms with Crippen LogP contribution in [0.5, 0.6) is 5.75 Å². The normalized spacial score (nSPS) is 14.7. The zero-order valence-electron chi connectivity index (χ0n) is 7.62. The molecule has 1 aliphatic carbocycles. The largest absolute Gasteiger partial charge is 0.507 e. The molecule has 0 radical (unpaired) electrons. The van der Waals surface area contributed by atoms with Crippen LogP contribution in [0.1, 0.15) is 17.5 Å². The van der Waals surface area contributed by atoms with Crippen molar-refractivity contribution in [3.63, 3.8) is 0 Å². The summed E-state index contributed by atoms with van der Waals surface area (Å²) in [4.78, 5) is 0. The number of aryl methyl sites for hydroxylation is 1. The highest BCUT2D eigenvalue weighted by molar-refractivity contribution is 5.74. The summed E-state index contributed by atoms with van der Waals surface area (Å²) in [5.41, 5.74) is 3.34. The standard InChI is InChI=1S/C12H12O/c1-9-6-7-12(13)11(8-9)10-4-2-3-5-10/h2-4,6-8,13H,5H2,1H3. The molecule has 0 saturated heterocycles. The van der Waals surface area contributed by atoms with Gasteiger partial charge in [-0.05, 0) is 31.1 Å². The SMILES string of the molecule is Cc1ccc(O)c(C2=CC=CC2)c1. The fourth-order valence-corrected chi connectivity index (χ4v) is 1.55. The maximum Gasteiger partial charge on any atom is 0.123 e. The van der Waals surface area contributed by atoms with E-state index in [-0.39, 0.29) is 0 Å². The second kappa shape index (κ2) is 3.09. The van der Waals surface area contributed by atoms with Crippen LogP contribution in [-0.4, -0.2) is 5.11 Å². The number of hydrogen-bond donors (Lipinski definition) is 1.